The Balaban J connectivity index is 1.86. The minimum Gasteiger partial charge on any atom is -0.465 e. The van der Waals surface area contributed by atoms with E-state index < -0.39 is 16.0 Å². The molecule has 0 unspecified atom stereocenters. The molecule has 0 aromatic heterocycles. The van der Waals surface area contributed by atoms with E-state index in [9.17, 15) is 18.0 Å². The number of sulfonamides is 1. The van der Waals surface area contributed by atoms with Crippen molar-refractivity contribution < 1.29 is 22.7 Å². The first-order valence-electron chi connectivity index (χ1n) is 9.54. The molecule has 30 heavy (non-hydrogen) atoms. The number of hydrogen-bond acceptors (Lipinski definition) is 6. The summed E-state index contributed by atoms with van der Waals surface area (Å²) in [6.45, 7) is 1.38. The number of carbonyl (C=O) groups excluding carboxylic acids is 2. The lowest BCUT2D eigenvalue weighted by molar-refractivity contribution is 0.0600. The minimum atomic E-state index is -3.91. The number of amides is 1. The molecule has 1 aliphatic rings. The third kappa shape index (κ3) is 4.96. The third-order valence-electron chi connectivity index (χ3n) is 4.91. The molecular weight excluding hydrogens is 424 g/mol. The van der Waals surface area contributed by atoms with Gasteiger partial charge in [0.25, 0.3) is 15.9 Å². The van der Waals surface area contributed by atoms with E-state index in [0.717, 1.165) is 24.2 Å². The maximum absolute atomic E-state index is 13.0. The Labute approximate surface area is 180 Å². The fourth-order valence-corrected chi connectivity index (χ4v) is 4.95. The number of rotatable bonds is 6. The zero-order chi connectivity index (χ0) is 21.7. The molecule has 1 N–H and O–H groups in total. The Hall–Kier alpha value is -2.52. The number of piperidine rings is 1. The molecule has 1 amide bonds. The van der Waals surface area contributed by atoms with Gasteiger partial charge in [-0.05, 0) is 68.0 Å². The molecule has 1 heterocycles. The van der Waals surface area contributed by atoms with Gasteiger partial charge in [-0.2, -0.15) is 0 Å². The number of hydrogen-bond donors (Lipinski definition) is 1. The quantitative estimate of drug-likeness (QED) is 0.536. The average Bonchev–Trinajstić information content (AvgIpc) is 2.78. The molecule has 9 heteroatoms. The van der Waals surface area contributed by atoms with Crippen molar-refractivity contribution in [3.05, 3.63) is 53.6 Å². The zero-order valence-corrected chi connectivity index (χ0v) is 18.5. The zero-order valence-electron chi connectivity index (χ0n) is 16.9. The van der Waals surface area contributed by atoms with Crippen molar-refractivity contribution in [3.8, 4) is 0 Å². The molecule has 160 valence electrons. The van der Waals surface area contributed by atoms with Crippen LogP contribution in [0.5, 0.6) is 0 Å². The van der Waals surface area contributed by atoms with Crippen LogP contribution in [0.25, 0.3) is 0 Å². The highest BCUT2D eigenvalue weighted by molar-refractivity contribution is 7.98. The summed E-state index contributed by atoms with van der Waals surface area (Å²) in [4.78, 5) is 27.1. The number of ether oxygens (including phenoxy) is 1. The van der Waals surface area contributed by atoms with Gasteiger partial charge in [-0.25, -0.2) is 13.2 Å². The van der Waals surface area contributed by atoms with Gasteiger partial charge in [0.05, 0.1) is 23.1 Å². The standard InChI is InChI=1S/C21H24N2O5S2/c1-28-21(25)15-6-8-16(9-7-15)22-30(26,27)17-10-11-19(29-2)18(14-17)20(24)23-12-4-3-5-13-23/h6-11,14,22H,3-5,12-13H2,1-2H3. The number of nitrogens with one attached hydrogen (secondary N) is 1. The van der Waals surface area contributed by atoms with Gasteiger partial charge in [-0.15, -0.1) is 11.8 Å². The van der Waals surface area contributed by atoms with E-state index in [1.165, 1.54) is 55.3 Å². The first-order valence-corrected chi connectivity index (χ1v) is 12.2. The molecule has 0 spiro atoms. The lowest BCUT2D eigenvalue weighted by atomic mass is 10.1. The Morgan fingerprint density at radius 3 is 2.30 bits per heavy atom. The van der Waals surface area contributed by atoms with Crippen molar-refractivity contribution in [1.82, 2.24) is 4.90 Å². The van der Waals surface area contributed by atoms with Gasteiger partial charge in [0, 0.05) is 23.7 Å². The van der Waals surface area contributed by atoms with E-state index >= 15 is 0 Å². The van der Waals surface area contributed by atoms with Crippen LogP contribution >= 0.6 is 11.8 Å². The number of nitrogens with zero attached hydrogens (tertiary/aromatic N) is 1. The van der Waals surface area contributed by atoms with Gasteiger partial charge in [0.15, 0.2) is 0 Å². The van der Waals surface area contributed by atoms with Crippen molar-refractivity contribution in [3.63, 3.8) is 0 Å². The number of carbonyl (C=O) groups is 2. The molecule has 0 saturated carbocycles. The second-order valence-corrected chi connectivity index (χ2v) is 9.42. The third-order valence-corrected chi connectivity index (χ3v) is 7.09. The average molecular weight is 449 g/mol. The predicted octanol–water partition coefficient (Wildman–Crippen LogP) is 3.62. The number of thioether (sulfide) groups is 1. The van der Waals surface area contributed by atoms with Crippen molar-refractivity contribution in [2.45, 2.75) is 29.1 Å². The largest absolute Gasteiger partial charge is 0.465 e. The van der Waals surface area contributed by atoms with Crippen LogP contribution in [0.2, 0.25) is 0 Å². The van der Waals surface area contributed by atoms with Gasteiger partial charge < -0.3 is 9.64 Å². The lowest BCUT2D eigenvalue weighted by Crippen LogP contribution is -2.36. The number of benzene rings is 2. The van der Waals surface area contributed by atoms with Crippen molar-refractivity contribution in [2.75, 3.05) is 31.2 Å². The second-order valence-electron chi connectivity index (χ2n) is 6.89. The van der Waals surface area contributed by atoms with Crippen molar-refractivity contribution in [1.29, 1.82) is 0 Å². The number of anilines is 1. The molecule has 1 aliphatic heterocycles. The molecule has 1 fully saturated rings. The van der Waals surface area contributed by atoms with E-state index in [2.05, 4.69) is 9.46 Å². The summed E-state index contributed by atoms with van der Waals surface area (Å²) in [6, 6.07) is 10.5. The van der Waals surface area contributed by atoms with Crippen LogP contribution in [-0.2, 0) is 14.8 Å². The van der Waals surface area contributed by atoms with Crippen LogP contribution in [0.15, 0.2) is 52.3 Å². The van der Waals surface area contributed by atoms with Crippen molar-refractivity contribution >= 4 is 39.3 Å². The SMILES string of the molecule is COC(=O)c1ccc(NS(=O)(=O)c2ccc(SC)c(C(=O)N3CCCCC3)c2)cc1. The van der Waals surface area contributed by atoms with Crippen LogP contribution < -0.4 is 4.72 Å². The monoisotopic (exact) mass is 448 g/mol. The molecule has 2 aromatic carbocycles. The summed E-state index contributed by atoms with van der Waals surface area (Å²) < 4.78 is 32.9. The van der Waals surface area contributed by atoms with E-state index in [4.69, 9.17) is 0 Å². The molecule has 2 aromatic rings. The molecule has 0 bridgehead atoms. The normalized spacial score (nSPS) is 14.3. The lowest BCUT2D eigenvalue weighted by Gasteiger charge is -2.27. The molecule has 0 atom stereocenters. The summed E-state index contributed by atoms with van der Waals surface area (Å²) >= 11 is 1.41. The highest BCUT2D eigenvalue weighted by Crippen LogP contribution is 2.27. The highest BCUT2D eigenvalue weighted by atomic mass is 32.2. The summed E-state index contributed by atoms with van der Waals surface area (Å²) in [6.07, 6.45) is 4.88. The van der Waals surface area contributed by atoms with E-state index in [1.54, 1.807) is 11.0 Å². The molecule has 7 nitrogen and oxygen atoms in total. The number of likely N-dealkylation sites (tertiary alicyclic amines) is 1. The van der Waals surface area contributed by atoms with Gasteiger partial charge in [0.1, 0.15) is 0 Å². The first-order chi connectivity index (χ1) is 14.4. The smallest absolute Gasteiger partial charge is 0.337 e. The van der Waals surface area contributed by atoms with Crippen LogP contribution in [0.3, 0.4) is 0 Å². The Bertz CT molecular complexity index is 1030. The van der Waals surface area contributed by atoms with Crippen LogP contribution in [-0.4, -0.2) is 51.6 Å². The summed E-state index contributed by atoms with van der Waals surface area (Å²) in [5.41, 5.74) is 1.02. The summed E-state index contributed by atoms with van der Waals surface area (Å²) in [5.74, 6) is -0.642. The first kappa shape index (κ1) is 22.2. The van der Waals surface area contributed by atoms with E-state index in [0.29, 0.717) is 29.9 Å². The maximum atomic E-state index is 13.0. The van der Waals surface area contributed by atoms with Crippen molar-refractivity contribution in [2.24, 2.45) is 0 Å². The van der Waals surface area contributed by atoms with E-state index in [-0.39, 0.29) is 10.8 Å². The predicted molar refractivity (Wildman–Crippen MR) is 117 cm³/mol. The van der Waals surface area contributed by atoms with Gasteiger partial charge in [-0.1, -0.05) is 0 Å². The highest BCUT2D eigenvalue weighted by Gasteiger charge is 2.24. The number of methoxy groups -OCH3 is 1. The Morgan fingerprint density at radius 1 is 1.03 bits per heavy atom. The van der Waals surface area contributed by atoms with Crippen LogP contribution in [0.1, 0.15) is 40.0 Å². The topological polar surface area (TPSA) is 92.8 Å². The van der Waals surface area contributed by atoms with Crippen LogP contribution in [0.4, 0.5) is 5.69 Å². The summed E-state index contributed by atoms with van der Waals surface area (Å²) in [7, 11) is -2.63. The van der Waals surface area contributed by atoms with Crippen LogP contribution in [0, 0.1) is 0 Å². The molecule has 0 radical (unpaired) electrons. The number of esters is 1. The Kier molecular flexibility index (Phi) is 7.04. The molecule has 0 aliphatic carbocycles. The second kappa shape index (κ2) is 9.53. The maximum Gasteiger partial charge on any atom is 0.337 e. The fourth-order valence-electron chi connectivity index (χ4n) is 3.30. The van der Waals surface area contributed by atoms with Gasteiger partial charge in [0.2, 0.25) is 0 Å². The molecule has 1 saturated heterocycles. The molecule has 3 rings (SSSR count). The Morgan fingerprint density at radius 2 is 1.70 bits per heavy atom. The fraction of sp³-hybridized carbons (Fsp3) is 0.333. The minimum absolute atomic E-state index is 0.0118. The van der Waals surface area contributed by atoms with Gasteiger partial charge in [-0.3, -0.25) is 9.52 Å². The van der Waals surface area contributed by atoms with E-state index in [1.807, 2.05) is 6.26 Å². The molecular formula is C21H24N2O5S2. The van der Waals surface area contributed by atoms with Gasteiger partial charge >= 0.3 is 5.97 Å². The summed E-state index contributed by atoms with van der Waals surface area (Å²) in [5, 5.41) is 0.